The molecule has 0 aliphatic rings. The monoisotopic (exact) mass is 194 g/mol. The first-order chi connectivity index (χ1) is 6.74. The van der Waals surface area contributed by atoms with Gasteiger partial charge in [0.15, 0.2) is 0 Å². The third kappa shape index (κ3) is 3.44. The van der Waals surface area contributed by atoms with Crippen molar-refractivity contribution in [3.63, 3.8) is 0 Å². The third-order valence-corrected chi connectivity index (χ3v) is 2.00. The summed E-state index contributed by atoms with van der Waals surface area (Å²) in [5.41, 5.74) is 0.899. The molecule has 0 aliphatic carbocycles. The fraction of sp³-hybridized carbons (Fsp3) is 0.545. The number of hydrogen-bond acceptors (Lipinski definition) is 3. The molecule has 0 bridgehead atoms. The van der Waals surface area contributed by atoms with Crippen molar-refractivity contribution in [2.75, 3.05) is 13.2 Å². The largest absolute Gasteiger partial charge is 0.394 e. The van der Waals surface area contributed by atoms with E-state index in [2.05, 4.69) is 24.1 Å². The Labute approximate surface area is 85.2 Å². The highest BCUT2D eigenvalue weighted by molar-refractivity contribution is 5.08. The van der Waals surface area contributed by atoms with Gasteiger partial charge in [-0.05, 0) is 24.6 Å². The normalized spacial score (nSPS) is 13.1. The zero-order valence-corrected chi connectivity index (χ0v) is 8.77. The number of nitrogens with zero attached hydrogens (tertiary/aromatic N) is 1. The van der Waals surface area contributed by atoms with E-state index in [-0.39, 0.29) is 12.6 Å². The molecule has 0 spiro atoms. The van der Waals surface area contributed by atoms with Crippen LogP contribution in [0.4, 0.5) is 0 Å². The van der Waals surface area contributed by atoms with Crippen LogP contribution in [0, 0.1) is 5.92 Å². The van der Waals surface area contributed by atoms with Crippen LogP contribution in [0.25, 0.3) is 0 Å². The topological polar surface area (TPSA) is 45.1 Å². The molecule has 0 saturated carbocycles. The summed E-state index contributed by atoms with van der Waals surface area (Å²) in [5.74, 6) is 0.577. The van der Waals surface area contributed by atoms with E-state index in [0.717, 1.165) is 12.2 Å². The molecule has 1 unspecified atom stereocenters. The number of aliphatic hydroxyl groups is 1. The number of aliphatic hydroxyl groups excluding tert-OH is 1. The van der Waals surface area contributed by atoms with Gasteiger partial charge in [-0.1, -0.05) is 19.9 Å². The SMILES string of the molecule is CC(C)CNC(CO)c1ccccn1. The lowest BCUT2D eigenvalue weighted by atomic mass is 10.1. The summed E-state index contributed by atoms with van der Waals surface area (Å²) >= 11 is 0. The molecule has 0 saturated heterocycles. The van der Waals surface area contributed by atoms with Gasteiger partial charge >= 0.3 is 0 Å². The van der Waals surface area contributed by atoms with Crippen LogP contribution >= 0.6 is 0 Å². The van der Waals surface area contributed by atoms with E-state index in [4.69, 9.17) is 0 Å². The molecule has 2 N–H and O–H groups in total. The van der Waals surface area contributed by atoms with Gasteiger partial charge in [-0.2, -0.15) is 0 Å². The van der Waals surface area contributed by atoms with Gasteiger partial charge in [0.25, 0.3) is 0 Å². The molecular formula is C11H18N2O. The van der Waals surface area contributed by atoms with Crippen LogP contribution in [-0.2, 0) is 0 Å². The van der Waals surface area contributed by atoms with Crippen LogP contribution in [0.5, 0.6) is 0 Å². The molecule has 14 heavy (non-hydrogen) atoms. The lowest BCUT2D eigenvalue weighted by Crippen LogP contribution is -2.28. The van der Waals surface area contributed by atoms with Crippen molar-refractivity contribution in [1.29, 1.82) is 0 Å². The molecule has 0 aliphatic heterocycles. The molecule has 0 aromatic carbocycles. The number of rotatable bonds is 5. The Kier molecular flexibility index (Phi) is 4.56. The Morgan fingerprint density at radius 1 is 1.43 bits per heavy atom. The summed E-state index contributed by atoms with van der Waals surface area (Å²) in [6.45, 7) is 5.26. The van der Waals surface area contributed by atoms with Crippen LogP contribution in [0.15, 0.2) is 24.4 Å². The average Bonchev–Trinajstić information content (AvgIpc) is 2.20. The van der Waals surface area contributed by atoms with Crippen molar-refractivity contribution in [3.8, 4) is 0 Å². The van der Waals surface area contributed by atoms with Crippen molar-refractivity contribution in [1.82, 2.24) is 10.3 Å². The molecule has 0 amide bonds. The Morgan fingerprint density at radius 2 is 2.21 bits per heavy atom. The molecule has 1 aromatic rings. The first-order valence-corrected chi connectivity index (χ1v) is 4.99. The van der Waals surface area contributed by atoms with Crippen molar-refractivity contribution in [3.05, 3.63) is 30.1 Å². The highest BCUT2D eigenvalue weighted by atomic mass is 16.3. The molecule has 78 valence electrons. The number of pyridine rings is 1. The van der Waals surface area contributed by atoms with E-state index >= 15 is 0 Å². The summed E-state index contributed by atoms with van der Waals surface area (Å²) in [5, 5.41) is 12.5. The van der Waals surface area contributed by atoms with E-state index in [0.29, 0.717) is 5.92 Å². The maximum absolute atomic E-state index is 9.19. The Bertz CT molecular complexity index is 249. The van der Waals surface area contributed by atoms with Gasteiger partial charge in [-0.25, -0.2) is 0 Å². The van der Waals surface area contributed by atoms with Crippen LogP contribution in [0.3, 0.4) is 0 Å². The van der Waals surface area contributed by atoms with Gasteiger partial charge in [0.2, 0.25) is 0 Å². The second-order valence-corrected chi connectivity index (χ2v) is 3.79. The molecule has 3 heteroatoms. The molecule has 0 fully saturated rings. The van der Waals surface area contributed by atoms with Crippen LogP contribution in [-0.4, -0.2) is 23.2 Å². The highest BCUT2D eigenvalue weighted by Gasteiger charge is 2.10. The summed E-state index contributed by atoms with van der Waals surface area (Å²) in [6.07, 6.45) is 1.75. The van der Waals surface area contributed by atoms with Crippen LogP contribution in [0.2, 0.25) is 0 Å². The van der Waals surface area contributed by atoms with E-state index < -0.39 is 0 Å². The quantitative estimate of drug-likeness (QED) is 0.744. The zero-order chi connectivity index (χ0) is 10.4. The standard InChI is InChI=1S/C11H18N2O/c1-9(2)7-13-11(8-14)10-5-3-4-6-12-10/h3-6,9,11,13-14H,7-8H2,1-2H3. The maximum atomic E-state index is 9.19. The molecule has 1 aromatic heterocycles. The molecule has 1 heterocycles. The molecule has 3 nitrogen and oxygen atoms in total. The predicted molar refractivity (Wildman–Crippen MR) is 56.9 cm³/mol. The van der Waals surface area contributed by atoms with Crippen molar-refractivity contribution >= 4 is 0 Å². The first-order valence-electron chi connectivity index (χ1n) is 4.99. The minimum Gasteiger partial charge on any atom is -0.394 e. The lowest BCUT2D eigenvalue weighted by molar-refractivity contribution is 0.238. The predicted octanol–water partition coefficient (Wildman–Crippen LogP) is 1.36. The van der Waals surface area contributed by atoms with Crippen molar-refractivity contribution < 1.29 is 5.11 Å². The second-order valence-electron chi connectivity index (χ2n) is 3.79. The van der Waals surface area contributed by atoms with E-state index in [9.17, 15) is 5.11 Å². The summed E-state index contributed by atoms with van der Waals surface area (Å²) in [6, 6.07) is 5.69. The second kappa shape index (κ2) is 5.73. The number of nitrogens with one attached hydrogen (secondary N) is 1. The number of aromatic nitrogens is 1. The van der Waals surface area contributed by atoms with Crippen LogP contribution in [0.1, 0.15) is 25.6 Å². The molecular weight excluding hydrogens is 176 g/mol. The van der Waals surface area contributed by atoms with Gasteiger partial charge in [0.1, 0.15) is 0 Å². The Morgan fingerprint density at radius 3 is 2.71 bits per heavy atom. The summed E-state index contributed by atoms with van der Waals surface area (Å²) in [7, 11) is 0. The Balaban J connectivity index is 2.54. The lowest BCUT2D eigenvalue weighted by Gasteiger charge is -2.16. The van der Waals surface area contributed by atoms with E-state index in [1.807, 2.05) is 18.2 Å². The molecule has 1 atom stereocenters. The molecule has 0 radical (unpaired) electrons. The molecule has 1 rings (SSSR count). The first kappa shape index (κ1) is 11.1. The summed E-state index contributed by atoms with van der Waals surface area (Å²) < 4.78 is 0. The van der Waals surface area contributed by atoms with E-state index in [1.54, 1.807) is 6.20 Å². The average molecular weight is 194 g/mol. The smallest absolute Gasteiger partial charge is 0.0730 e. The van der Waals surface area contributed by atoms with Crippen molar-refractivity contribution in [2.24, 2.45) is 5.92 Å². The van der Waals surface area contributed by atoms with Gasteiger partial charge < -0.3 is 10.4 Å². The fourth-order valence-electron chi connectivity index (χ4n) is 1.22. The third-order valence-electron chi connectivity index (χ3n) is 2.00. The minimum absolute atomic E-state index is 0.0430. The number of hydrogen-bond donors (Lipinski definition) is 2. The van der Waals surface area contributed by atoms with Crippen LogP contribution < -0.4 is 5.32 Å². The van der Waals surface area contributed by atoms with Gasteiger partial charge in [0.05, 0.1) is 18.3 Å². The van der Waals surface area contributed by atoms with Crippen molar-refractivity contribution in [2.45, 2.75) is 19.9 Å². The summed E-state index contributed by atoms with van der Waals surface area (Å²) in [4.78, 5) is 4.21. The highest BCUT2D eigenvalue weighted by Crippen LogP contribution is 2.08. The van der Waals surface area contributed by atoms with Gasteiger partial charge in [0, 0.05) is 6.20 Å². The van der Waals surface area contributed by atoms with Gasteiger partial charge in [-0.3, -0.25) is 4.98 Å². The Hall–Kier alpha value is -0.930. The van der Waals surface area contributed by atoms with E-state index in [1.165, 1.54) is 0 Å². The maximum Gasteiger partial charge on any atom is 0.0730 e. The zero-order valence-electron chi connectivity index (χ0n) is 8.77. The fourth-order valence-corrected chi connectivity index (χ4v) is 1.22. The van der Waals surface area contributed by atoms with Gasteiger partial charge in [-0.15, -0.1) is 0 Å². The minimum atomic E-state index is -0.0430.